The molecule has 6 heteroatoms. The zero-order valence-corrected chi connectivity index (χ0v) is 13.5. The van der Waals surface area contributed by atoms with Gasteiger partial charge < -0.3 is 19.7 Å². The molecule has 0 radical (unpaired) electrons. The number of likely N-dealkylation sites (N-methyl/N-ethyl adjacent to an activating group) is 1. The van der Waals surface area contributed by atoms with Gasteiger partial charge in [0.2, 0.25) is 0 Å². The molecular weight excluding hydrogens is 292 g/mol. The Morgan fingerprint density at radius 3 is 2.76 bits per heavy atom. The number of halogens is 1. The van der Waals surface area contributed by atoms with Crippen molar-refractivity contribution in [3.05, 3.63) is 23.8 Å². The second-order valence-electron chi connectivity index (χ2n) is 4.89. The summed E-state index contributed by atoms with van der Waals surface area (Å²) in [6.07, 6.45) is 2.09. The molecule has 1 amide bonds. The van der Waals surface area contributed by atoms with Gasteiger partial charge >= 0.3 is 0 Å². The number of nitrogens with zero attached hydrogens (tertiary/aromatic N) is 1. The number of hydrogen-bond donors (Lipinski definition) is 1. The van der Waals surface area contributed by atoms with Crippen LogP contribution in [0, 0.1) is 0 Å². The Morgan fingerprint density at radius 2 is 2.14 bits per heavy atom. The highest BCUT2D eigenvalue weighted by molar-refractivity contribution is 5.98. The Bertz CT molecular complexity index is 482. The molecule has 1 aromatic carbocycles. The van der Waals surface area contributed by atoms with Crippen LogP contribution in [0.3, 0.4) is 0 Å². The Morgan fingerprint density at radius 1 is 1.38 bits per heavy atom. The first-order valence-corrected chi connectivity index (χ1v) is 6.89. The molecular formula is C15H23ClN2O3. The lowest BCUT2D eigenvalue weighted by molar-refractivity contribution is 0.0733. The zero-order chi connectivity index (χ0) is 14.5. The number of carbonyl (C=O) groups is 1. The first kappa shape index (κ1) is 17.6. The summed E-state index contributed by atoms with van der Waals surface area (Å²) in [7, 11) is 5.04. The Kier molecular flexibility index (Phi) is 6.78. The maximum atomic E-state index is 12.7. The highest BCUT2D eigenvalue weighted by Gasteiger charge is 2.30. The summed E-state index contributed by atoms with van der Waals surface area (Å²) in [5.74, 6) is 1.11. The number of methoxy groups -OCH3 is 2. The summed E-state index contributed by atoms with van der Waals surface area (Å²) in [5, 5.41) is 3.15. The van der Waals surface area contributed by atoms with Crippen molar-refractivity contribution in [3.8, 4) is 11.5 Å². The lowest BCUT2D eigenvalue weighted by atomic mass is 10.1. The molecule has 0 aromatic heterocycles. The molecule has 5 nitrogen and oxygen atoms in total. The van der Waals surface area contributed by atoms with Crippen molar-refractivity contribution in [2.75, 3.05) is 34.4 Å². The van der Waals surface area contributed by atoms with Crippen LogP contribution in [0.1, 0.15) is 23.2 Å². The number of para-hydroxylation sites is 1. The largest absolute Gasteiger partial charge is 0.493 e. The highest BCUT2D eigenvalue weighted by Crippen LogP contribution is 2.32. The molecule has 1 N–H and O–H groups in total. The van der Waals surface area contributed by atoms with Crippen LogP contribution in [-0.4, -0.2) is 51.2 Å². The standard InChI is InChI=1S/C15H22N2O3.ClH/c1-16-10-11-6-5-9-17(11)15(18)12-7-4-8-13(19-2)14(12)20-3;/h4,7-8,11,16H,5-6,9-10H2,1-3H3;1H. The minimum absolute atomic E-state index is 0. The van der Waals surface area contributed by atoms with Crippen LogP contribution in [0.5, 0.6) is 11.5 Å². The van der Waals surface area contributed by atoms with E-state index in [1.807, 2.05) is 18.0 Å². The molecule has 1 aliphatic rings. The minimum atomic E-state index is 0. The zero-order valence-electron chi connectivity index (χ0n) is 12.7. The Labute approximate surface area is 132 Å². The number of ether oxygens (including phenoxy) is 2. The normalized spacial score (nSPS) is 17.3. The van der Waals surface area contributed by atoms with Gasteiger partial charge in [0.25, 0.3) is 5.91 Å². The Hall–Kier alpha value is -1.46. The van der Waals surface area contributed by atoms with Gasteiger partial charge in [0.15, 0.2) is 11.5 Å². The van der Waals surface area contributed by atoms with E-state index in [-0.39, 0.29) is 24.4 Å². The molecule has 21 heavy (non-hydrogen) atoms. The van der Waals surface area contributed by atoms with E-state index in [4.69, 9.17) is 9.47 Å². The third kappa shape index (κ3) is 3.60. The molecule has 0 spiro atoms. The van der Waals surface area contributed by atoms with Crippen LogP contribution in [-0.2, 0) is 0 Å². The Balaban J connectivity index is 0.00000220. The van der Waals surface area contributed by atoms with Gasteiger partial charge in [-0.3, -0.25) is 4.79 Å². The summed E-state index contributed by atoms with van der Waals surface area (Å²) < 4.78 is 10.6. The van der Waals surface area contributed by atoms with Crippen molar-refractivity contribution in [2.45, 2.75) is 18.9 Å². The molecule has 1 atom stereocenters. The van der Waals surface area contributed by atoms with E-state index in [2.05, 4.69) is 5.32 Å². The SMILES string of the molecule is CNCC1CCCN1C(=O)c1cccc(OC)c1OC.Cl. The van der Waals surface area contributed by atoms with Crippen molar-refractivity contribution in [2.24, 2.45) is 0 Å². The molecule has 1 heterocycles. The van der Waals surface area contributed by atoms with Crippen molar-refractivity contribution in [3.63, 3.8) is 0 Å². The van der Waals surface area contributed by atoms with Crippen molar-refractivity contribution in [1.82, 2.24) is 10.2 Å². The van der Waals surface area contributed by atoms with E-state index in [1.54, 1.807) is 26.4 Å². The van der Waals surface area contributed by atoms with Crippen molar-refractivity contribution < 1.29 is 14.3 Å². The first-order valence-electron chi connectivity index (χ1n) is 6.89. The van der Waals surface area contributed by atoms with Crippen molar-refractivity contribution >= 4 is 18.3 Å². The molecule has 0 saturated carbocycles. The van der Waals surface area contributed by atoms with E-state index < -0.39 is 0 Å². The summed E-state index contributed by atoms with van der Waals surface area (Å²) in [5.41, 5.74) is 0.565. The summed E-state index contributed by atoms with van der Waals surface area (Å²) in [6, 6.07) is 5.66. The number of benzene rings is 1. The van der Waals surface area contributed by atoms with Gasteiger partial charge in [-0.1, -0.05) is 6.07 Å². The third-order valence-electron chi connectivity index (χ3n) is 3.71. The molecule has 0 aliphatic carbocycles. The fourth-order valence-corrected chi connectivity index (χ4v) is 2.76. The quantitative estimate of drug-likeness (QED) is 0.902. The lowest BCUT2D eigenvalue weighted by Gasteiger charge is -2.25. The van der Waals surface area contributed by atoms with Gasteiger partial charge in [0.1, 0.15) is 0 Å². The number of amides is 1. The lowest BCUT2D eigenvalue weighted by Crippen LogP contribution is -2.40. The monoisotopic (exact) mass is 314 g/mol. The number of likely N-dealkylation sites (tertiary alicyclic amines) is 1. The molecule has 1 aliphatic heterocycles. The summed E-state index contributed by atoms with van der Waals surface area (Å²) in [6.45, 7) is 1.61. The molecule has 1 unspecified atom stereocenters. The van der Waals surface area contributed by atoms with Crippen LogP contribution in [0.2, 0.25) is 0 Å². The van der Waals surface area contributed by atoms with Gasteiger partial charge in [0, 0.05) is 19.1 Å². The van der Waals surface area contributed by atoms with E-state index in [1.165, 1.54) is 0 Å². The topological polar surface area (TPSA) is 50.8 Å². The molecule has 1 saturated heterocycles. The second-order valence-corrected chi connectivity index (χ2v) is 4.89. The van der Waals surface area contributed by atoms with Crippen LogP contribution >= 0.6 is 12.4 Å². The highest BCUT2D eigenvalue weighted by atomic mass is 35.5. The van der Waals surface area contributed by atoms with Gasteiger partial charge in [-0.25, -0.2) is 0 Å². The molecule has 0 bridgehead atoms. The second kappa shape index (κ2) is 8.10. The van der Waals surface area contributed by atoms with Crippen LogP contribution in [0.25, 0.3) is 0 Å². The minimum Gasteiger partial charge on any atom is -0.493 e. The van der Waals surface area contributed by atoms with Gasteiger partial charge in [-0.2, -0.15) is 0 Å². The smallest absolute Gasteiger partial charge is 0.258 e. The third-order valence-corrected chi connectivity index (χ3v) is 3.71. The fourth-order valence-electron chi connectivity index (χ4n) is 2.76. The number of carbonyl (C=O) groups excluding carboxylic acids is 1. The van der Waals surface area contributed by atoms with E-state index in [0.717, 1.165) is 25.9 Å². The van der Waals surface area contributed by atoms with Gasteiger partial charge in [-0.15, -0.1) is 12.4 Å². The summed E-state index contributed by atoms with van der Waals surface area (Å²) >= 11 is 0. The average Bonchev–Trinajstić information content (AvgIpc) is 2.94. The van der Waals surface area contributed by atoms with Crippen LogP contribution in [0.15, 0.2) is 18.2 Å². The number of hydrogen-bond acceptors (Lipinski definition) is 4. The fraction of sp³-hybridized carbons (Fsp3) is 0.533. The van der Waals surface area contributed by atoms with E-state index in [9.17, 15) is 4.79 Å². The molecule has 1 fully saturated rings. The van der Waals surface area contributed by atoms with Gasteiger partial charge in [0.05, 0.1) is 19.8 Å². The number of rotatable bonds is 5. The molecule has 118 valence electrons. The first-order chi connectivity index (χ1) is 9.72. The van der Waals surface area contributed by atoms with Crippen LogP contribution in [0.4, 0.5) is 0 Å². The summed E-state index contributed by atoms with van der Waals surface area (Å²) in [4.78, 5) is 14.7. The average molecular weight is 315 g/mol. The number of nitrogens with one attached hydrogen (secondary N) is 1. The van der Waals surface area contributed by atoms with E-state index in [0.29, 0.717) is 17.1 Å². The van der Waals surface area contributed by atoms with Gasteiger partial charge in [-0.05, 0) is 32.0 Å². The maximum absolute atomic E-state index is 12.7. The maximum Gasteiger partial charge on any atom is 0.258 e. The van der Waals surface area contributed by atoms with Crippen molar-refractivity contribution in [1.29, 1.82) is 0 Å². The molecule has 2 rings (SSSR count). The predicted molar refractivity (Wildman–Crippen MR) is 84.8 cm³/mol. The molecule has 1 aromatic rings. The van der Waals surface area contributed by atoms with E-state index >= 15 is 0 Å². The predicted octanol–water partition coefficient (Wildman–Crippen LogP) is 1.95. The van der Waals surface area contributed by atoms with Crippen LogP contribution < -0.4 is 14.8 Å².